The molecule has 14 heavy (non-hydrogen) atoms. The van der Waals surface area contributed by atoms with Crippen LogP contribution < -0.4 is 4.74 Å². The maximum Gasteiger partial charge on any atom is 0.213 e. The molecule has 0 atom stereocenters. The second-order valence-electron chi connectivity index (χ2n) is 3.40. The third-order valence-electron chi connectivity index (χ3n) is 1.87. The van der Waals surface area contributed by atoms with Crippen LogP contribution in [0, 0.1) is 0 Å². The molecule has 0 bridgehead atoms. The Bertz CT molecular complexity index is 274. The molecule has 0 aliphatic rings. The van der Waals surface area contributed by atoms with E-state index in [0.717, 1.165) is 5.69 Å². The Morgan fingerprint density at radius 3 is 2.71 bits per heavy atom. The Labute approximate surface area is 85.1 Å². The highest BCUT2D eigenvalue weighted by molar-refractivity contribution is 5.17. The van der Waals surface area contributed by atoms with Crippen molar-refractivity contribution in [2.75, 3.05) is 20.3 Å². The molecule has 0 unspecified atom stereocenters. The van der Waals surface area contributed by atoms with E-state index in [-0.39, 0.29) is 0 Å². The fourth-order valence-electron chi connectivity index (χ4n) is 1.06. The molecular formula is C11H17NO2. The van der Waals surface area contributed by atoms with Gasteiger partial charge in [-0.1, -0.05) is 19.9 Å². The lowest BCUT2D eigenvalue weighted by molar-refractivity contribution is 0.143. The van der Waals surface area contributed by atoms with Gasteiger partial charge in [0.15, 0.2) is 0 Å². The summed E-state index contributed by atoms with van der Waals surface area (Å²) in [6.45, 7) is 5.36. The van der Waals surface area contributed by atoms with E-state index in [1.54, 1.807) is 7.11 Å². The Balaban J connectivity index is 2.55. The minimum atomic E-state index is 0.431. The van der Waals surface area contributed by atoms with E-state index in [1.807, 2.05) is 18.2 Å². The Morgan fingerprint density at radius 1 is 1.29 bits per heavy atom. The summed E-state index contributed by atoms with van der Waals surface area (Å²) >= 11 is 0. The number of methoxy groups -OCH3 is 1. The van der Waals surface area contributed by atoms with Crippen LogP contribution >= 0.6 is 0 Å². The van der Waals surface area contributed by atoms with Crippen LogP contribution in [0.1, 0.15) is 25.5 Å². The first-order valence-corrected chi connectivity index (χ1v) is 4.82. The van der Waals surface area contributed by atoms with Gasteiger partial charge in [0.2, 0.25) is 5.88 Å². The lowest BCUT2D eigenvalue weighted by Gasteiger charge is -2.08. The largest absolute Gasteiger partial charge is 0.475 e. The summed E-state index contributed by atoms with van der Waals surface area (Å²) in [7, 11) is 1.65. The molecule has 0 fully saturated rings. The van der Waals surface area contributed by atoms with Gasteiger partial charge >= 0.3 is 0 Å². The van der Waals surface area contributed by atoms with Gasteiger partial charge in [0, 0.05) is 18.9 Å². The van der Waals surface area contributed by atoms with Gasteiger partial charge in [0.25, 0.3) is 0 Å². The third-order valence-corrected chi connectivity index (χ3v) is 1.87. The minimum Gasteiger partial charge on any atom is -0.475 e. The summed E-state index contributed by atoms with van der Waals surface area (Å²) in [6, 6.07) is 5.83. The van der Waals surface area contributed by atoms with Crippen LogP contribution in [0.2, 0.25) is 0 Å². The van der Waals surface area contributed by atoms with Crippen LogP contribution in [0.25, 0.3) is 0 Å². The van der Waals surface area contributed by atoms with Crippen molar-refractivity contribution < 1.29 is 9.47 Å². The van der Waals surface area contributed by atoms with Gasteiger partial charge in [-0.15, -0.1) is 0 Å². The van der Waals surface area contributed by atoms with Gasteiger partial charge < -0.3 is 9.47 Å². The van der Waals surface area contributed by atoms with Crippen molar-refractivity contribution in [3.63, 3.8) is 0 Å². The van der Waals surface area contributed by atoms with Crippen LogP contribution in [-0.4, -0.2) is 25.3 Å². The molecule has 1 heterocycles. The molecule has 0 saturated carbocycles. The molecule has 0 aliphatic carbocycles. The monoisotopic (exact) mass is 195 g/mol. The normalized spacial score (nSPS) is 10.6. The van der Waals surface area contributed by atoms with Gasteiger partial charge in [-0.3, -0.25) is 0 Å². The van der Waals surface area contributed by atoms with Crippen LogP contribution in [0.15, 0.2) is 18.2 Å². The molecule has 0 aliphatic heterocycles. The van der Waals surface area contributed by atoms with E-state index in [9.17, 15) is 0 Å². The van der Waals surface area contributed by atoms with E-state index >= 15 is 0 Å². The number of hydrogen-bond acceptors (Lipinski definition) is 3. The zero-order valence-corrected chi connectivity index (χ0v) is 8.99. The van der Waals surface area contributed by atoms with Gasteiger partial charge in [-0.25, -0.2) is 4.98 Å². The smallest absolute Gasteiger partial charge is 0.213 e. The van der Waals surface area contributed by atoms with Crippen molar-refractivity contribution >= 4 is 0 Å². The first-order valence-electron chi connectivity index (χ1n) is 4.82. The van der Waals surface area contributed by atoms with Gasteiger partial charge in [0.05, 0.1) is 6.61 Å². The summed E-state index contributed by atoms with van der Waals surface area (Å²) in [5.74, 6) is 1.11. The van der Waals surface area contributed by atoms with Crippen molar-refractivity contribution in [3.8, 4) is 5.88 Å². The average Bonchev–Trinajstić information content (AvgIpc) is 2.19. The first-order chi connectivity index (χ1) is 6.74. The van der Waals surface area contributed by atoms with Crippen LogP contribution in [0.5, 0.6) is 5.88 Å². The van der Waals surface area contributed by atoms with Crippen LogP contribution in [0.4, 0.5) is 0 Å². The highest BCUT2D eigenvalue weighted by atomic mass is 16.5. The van der Waals surface area contributed by atoms with Gasteiger partial charge in [-0.05, 0) is 12.0 Å². The summed E-state index contributed by atoms with van der Waals surface area (Å²) in [5.41, 5.74) is 1.06. The lowest BCUT2D eigenvalue weighted by Crippen LogP contribution is -2.06. The highest BCUT2D eigenvalue weighted by Crippen LogP contribution is 2.14. The molecule has 0 amide bonds. The number of nitrogens with zero attached hydrogens (tertiary/aromatic N) is 1. The summed E-state index contributed by atoms with van der Waals surface area (Å²) < 4.78 is 10.3. The Hall–Kier alpha value is -1.09. The molecule has 3 nitrogen and oxygen atoms in total. The molecule has 3 heteroatoms. The van der Waals surface area contributed by atoms with Crippen LogP contribution in [0.3, 0.4) is 0 Å². The number of ether oxygens (including phenoxy) is 2. The maximum atomic E-state index is 5.40. The summed E-state index contributed by atoms with van der Waals surface area (Å²) in [5, 5.41) is 0. The van der Waals surface area contributed by atoms with E-state index in [2.05, 4.69) is 18.8 Å². The predicted molar refractivity (Wildman–Crippen MR) is 55.7 cm³/mol. The van der Waals surface area contributed by atoms with Crippen molar-refractivity contribution in [1.29, 1.82) is 0 Å². The zero-order valence-electron chi connectivity index (χ0n) is 8.99. The van der Waals surface area contributed by atoms with Crippen molar-refractivity contribution in [1.82, 2.24) is 4.98 Å². The maximum absolute atomic E-state index is 5.40. The molecule has 0 aromatic carbocycles. The molecule has 0 N–H and O–H groups in total. The number of hydrogen-bond donors (Lipinski definition) is 0. The van der Waals surface area contributed by atoms with Crippen molar-refractivity contribution in [3.05, 3.63) is 23.9 Å². The number of pyridine rings is 1. The predicted octanol–water partition coefficient (Wildman–Crippen LogP) is 2.23. The fourth-order valence-corrected chi connectivity index (χ4v) is 1.06. The van der Waals surface area contributed by atoms with E-state index in [0.29, 0.717) is 25.0 Å². The molecule has 78 valence electrons. The van der Waals surface area contributed by atoms with Crippen LogP contribution in [-0.2, 0) is 4.74 Å². The first kappa shape index (κ1) is 11.0. The molecule has 0 spiro atoms. The second kappa shape index (κ2) is 5.60. The summed E-state index contributed by atoms with van der Waals surface area (Å²) in [6.07, 6.45) is 0. The fraction of sp³-hybridized carbons (Fsp3) is 0.545. The SMILES string of the molecule is COCCOc1cccc(C(C)C)n1. The van der Waals surface area contributed by atoms with E-state index in [1.165, 1.54) is 0 Å². The van der Waals surface area contributed by atoms with E-state index in [4.69, 9.17) is 9.47 Å². The third kappa shape index (κ3) is 3.34. The Morgan fingerprint density at radius 2 is 2.07 bits per heavy atom. The highest BCUT2D eigenvalue weighted by Gasteiger charge is 2.02. The number of aromatic nitrogens is 1. The standard InChI is InChI=1S/C11H17NO2/c1-9(2)10-5-4-6-11(12-10)14-8-7-13-3/h4-6,9H,7-8H2,1-3H3. The van der Waals surface area contributed by atoms with Crippen molar-refractivity contribution in [2.24, 2.45) is 0 Å². The average molecular weight is 195 g/mol. The van der Waals surface area contributed by atoms with Gasteiger partial charge in [-0.2, -0.15) is 0 Å². The molecular weight excluding hydrogens is 178 g/mol. The molecule has 1 aromatic heterocycles. The van der Waals surface area contributed by atoms with Gasteiger partial charge in [0.1, 0.15) is 6.61 Å². The quantitative estimate of drug-likeness (QED) is 0.675. The summed E-state index contributed by atoms with van der Waals surface area (Å²) in [4.78, 5) is 4.37. The zero-order chi connectivity index (χ0) is 10.4. The topological polar surface area (TPSA) is 31.4 Å². The molecule has 1 aromatic rings. The molecule has 0 saturated heterocycles. The second-order valence-corrected chi connectivity index (χ2v) is 3.40. The minimum absolute atomic E-state index is 0.431. The molecule has 1 rings (SSSR count). The lowest BCUT2D eigenvalue weighted by atomic mass is 10.1. The van der Waals surface area contributed by atoms with E-state index < -0.39 is 0 Å². The molecule has 0 radical (unpaired) electrons. The number of rotatable bonds is 5. The Kier molecular flexibility index (Phi) is 4.40. The van der Waals surface area contributed by atoms with Crippen molar-refractivity contribution in [2.45, 2.75) is 19.8 Å².